The van der Waals surface area contributed by atoms with E-state index in [1.165, 1.54) is 16.9 Å². The van der Waals surface area contributed by atoms with Gasteiger partial charge in [0.2, 0.25) is 5.91 Å². The lowest BCUT2D eigenvalue weighted by atomic mass is 10.1. The van der Waals surface area contributed by atoms with Crippen LogP contribution in [0.3, 0.4) is 0 Å². The van der Waals surface area contributed by atoms with Gasteiger partial charge in [0.15, 0.2) is 10.8 Å². The van der Waals surface area contributed by atoms with E-state index in [9.17, 15) is 4.79 Å². The third kappa shape index (κ3) is 6.46. The maximum atomic E-state index is 12.3. The number of ether oxygens (including phenoxy) is 1. The third-order valence-electron chi connectivity index (χ3n) is 4.41. The van der Waals surface area contributed by atoms with Crippen LogP contribution in [0.1, 0.15) is 44.2 Å². The molecule has 1 N–H and O–H groups in total. The maximum Gasteiger partial charge on any atom is 0.226 e. The van der Waals surface area contributed by atoms with Crippen LogP contribution in [0.2, 0.25) is 0 Å². The second kappa shape index (κ2) is 9.74. The van der Waals surface area contributed by atoms with Crippen LogP contribution in [-0.2, 0) is 17.6 Å². The van der Waals surface area contributed by atoms with E-state index in [1.807, 2.05) is 57.3 Å². The number of rotatable bonds is 9. The molecule has 29 heavy (non-hydrogen) atoms. The van der Waals surface area contributed by atoms with Crippen molar-refractivity contribution in [2.45, 2.75) is 59.1 Å². The molecule has 2 heterocycles. The predicted octanol–water partition coefficient (Wildman–Crippen LogP) is 5.18. The van der Waals surface area contributed by atoms with E-state index in [4.69, 9.17) is 9.15 Å². The van der Waals surface area contributed by atoms with E-state index in [-0.39, 0.29) is 24.5 Å². The lowest BCUT2D eigenvalue weighted by Gasteiger charge is -2.14. The van der Waals surface area contributed by atoms with Gasteiger partial charge in [-0.05, 0) is 70.4 Å². The van der Waals surface area contributed by atoms with E-state index in [1.54, 1.807) is 0 Å². The Balaban J connectivity index is 1.44. The van der Waals surface area contributed by atoms with Crippen molar-refractivity contribution in [3.05, 3.63) is 58.8 Å². The van der Waals surface area contributed by atoms with Gasteiger partial charge in [0.25, 0.3) is 0 Å². The highest BCUT2D eigenvalue weighted by atomic mass is 32.1. The average Bonchev–Trinajstić information content (AvgIpc) is 3.29. The summed E-state index contributed by atoms with van der Waals surface area (Å²) in [4.78, 5) is 16.9. The molecule has 1 aromatic carbocycles. The number of thiazole rings is 1. The van der Waals surface area contributed by atoms with Crippen molar-refractivity contribution in [3.63, 3.8) is 0 Å². The Morgan fingerprint density at radius 3 is 2.59 bits per heavy atom. The highest BCUT2D eigenvalue weighted by Crippen LogP contribution is 2.25. The molecule has 1 atom stereocenters. The molecule has 0 saturated carbocycles. The van der Waals surface area contributed by atoms with Gasteiger partial charge >= 0.3 is 0 Å². The highest BCUT2D eigenvalue weighted by molar-refractivity contribution is 7.13. The van der Waals surface area contributed by atoms with Gasteiger partial charge in [-0.1, -0.05) is 12.1 Å². The first kappa shape index (κ1) is 21.1. The quantitative estimate of drug-likeness (QED) is 0.526. The summed E-state index contributed by atoms with van der Waals surface area (Å²) in [5, 5.41) is 5.79. The summed E-state index contributed by atoms with van der Waals surface area (Å²) >= 11 is 1.49. The van der Waals surface area contributed by atoms with Gasteiger partial charge in [-0.15, -0.1) is 11.3 Å². The van der Waals surface area contributed by atoms with Crippen molar-refractivity contribution in [2.75, 3.05) is 0 Å². The van der Waals surface area contributed by atoms with Crippen LogP contribution in [0.4, 0.5) is 0 Å². The van der Waals surface area contributed by atoms with Crippen molar-refractivity contribution in [1.82, 2.24) is 10.3 Å². The van der Waals surface area contributed by atoms with Crippen LogP contribution in [0.25, 0.3) is 10.8 Å². The first-order valence-electron chi connectivity index (χ1n) is 9.95. The molecule has 154 valence electrons. The average molecular weight is 413 g/mol. The largest absolute Gasteiger partial charge is 0.491 e. The summed E-state index contributed by atoms with van der Waals surface area (Å²) in [6, 6.07) is 12.1. The fourth-order valence-corrected chi connectivity index (χ4v) is 3.78. The molecule has 1 amide bonds. The summed E-state index contributed by atoms with van der Waals surface area (Å²) in [6.45, 7) is 7.97. The molecule has 0 aliphatic heterocycles. The summed E-state index contributed by atoms with van der Waals surface area (Å²) in [6.07, 6.45) is 2.24. The first-order chi connectivity index (χ1) is 13.9. The van der Waals surface area contributed by atoms with Gasteiger partial charge in [-0.25, -0.2) is 4.98 Å². The molecule has 0 saturated heterocycles. The minimum atomic E-state index is -0.00865. The topological polar surface area (TPSA) is 64.4 Å². The lowest BCUT2D eigenvalue weighted by molar-refractivity contribution is -0.121. The van der Waals surface area contributed by atoms with Crippen molar-refractivity contribution >= 4 is 17.2 Å². The summed E-state index contributed by atoms with van der Waals surface area (Å²) in [7, 11) is 0. The molecule has 1 unspecified atom stereocenters. The van der Waals surface area contributed by atoms with Crippen molar-refractivity contribution in [3.8, 4) is 16.5 Å². The second-order valence-electron chi connectivity index (χ2n) is 7.55. The monoisotopic (exact) mass is 412 g/mol. The molecule has 0 aliphatic carbocycles. The molecule has 3 rings (SSSR count). The second-order valence-corrected chi connectivity index (χ2v) is 8.41. The van der Waals surface area contributed by atoms with Crippen molar-refractivity contribution in [1.29, 1.82) is 0 Å². The zero-order valence-corrected chi connectivity index (χ0v) is 18.2. The standard InChI is InChI=1S/C23H28N2O3S/c1-15(2)27-20-10-8-18(9-11-20)7-5-16(3)24-22(26)13-19-14-29-23(25-19)21-12-6-17(4)28-21/h6,8-12,14-16H,5,7,13H2,1-4H3,(H,24,26). The SMILES string of the molecule is Cc1ccc(-c2nc(CC(=O)NC(C)CCc3ccc(OC(C)C)cc3)cs2)o1. The molecule has 0 fully saturated rings. The lowest BCUT2D eigenvalue weighted by Crippen LogP contribution is -2.34. The van der Waals surface area contributed by atoms with Crippen LogP contribution in [0.15, 0.2) is 46.2 Å². The molecule has 3 aromatic rings. The fourth-order valence-electron chi connectivity index (χ4n) is 3.00. The number of aromatic nitrogens is 1. The Hall–Kier alpha value is -2.60. The Morgan fingerprint density at radius 2 is 1.93 bits per heavy atom. The number of carbonyl (C=O) groups excluding carboxylic acids is 1. The minimum Gasteiger partial charge on any atom is -0.491 e. The Labute approximate surface area is 176 Å². The van der Waals surface area contributed by atoms with Gasteiger partial charge in [0.1, 0.15) is 11.5 Å². The van der Waals surface area contributed by atoms with Crippen LogP contribution in [-0.4, -0.2) is 23.0 Å². The molecule has 0 spiro atoms. The molecule has 0 radical (unpaired) electrons. The van der Waals surface area contributed by atoms with E-state index < -0.39 is 0 Å². The Bertz CT molecular complexity index is 928. The number of aryl methyl sites for hydroxylation is 2. The number of nitrogens with one attached hydrogen (secondary N) is 1. The molecule has 6 heteroatoms. The van der Waals surface area contributed by atoms with E-state index in [0.29, 0.717) is 0 Å². The molecule has 0 bridgehead atoms. The van der Waals surface area contributed by atoms with Gasteiger partial charge < -0.3 is 14.5 Å². The fraction of sp³-hybridized carbons (Fsp3) is 0.391. The van der Waals surface area contributed by atoms with Gasteiger partial charge in [0.05, 0.1) is 18.2 Å². The van der Waals surface area contributed by atoms with Crippen molar-refractivity contribution < 1.29 is 13.9 Å². The zero-order chi connectivity index (χ0) is 20.8. The molecule has 5 nitrogen and oxygen atoms in total. The number of furan rings is 1. The van der Waals surface area contributed by atoms with Gasteiger partial charge in [-0.3, -0.25) is 4.79 Å². The van der Waals surface area contributed by atoms with Crippen LogP contribution >= 0.6 is 11.3 Å². The zero-order valence-electron chi connectivity index (χ0n) is 17.4. The number of carbonyl (C=O) groups is 1. The number of hydrogen-bond donors (Lipinski definition) is 1. The summed E-state index contributed by atoms with van der Waals surface area (Å²) in [5.74, 6) is 2.48. The molecule has 2 aromatic heterocycles. The summed E-state index contributed by atoms with van der Waals surface area (Å²) < 4.78 is 11.3. The first-order valence-corrected chi connectivity index (χ1v) is 10.8. The van der Waals surface area contributed by atoms with Crippen LogP contribution in [0, 0.1) is 6.92 Å². The van der Waals surface area contributed by atoms with Crippen LogP contribution in [0.5, 0.6) is 5.75 Å². The molecular weight excluding hydrogens is 384 g/mol. The van der Waals surface area contributed by atoms with Crippen molar-refractivity contribution in [2.24, 2.45) is 0 Å². The molecular formula is C23H28N2O3S. The normalized spacial score (nSPS) is 12.2. The van der Waals surface area contributed by atoms with E-state index >= 15 is 0 Å². The van der Waals surface area contributed by atoms with E-state index in [0.717, 1.165) is 40.8 Å². The maximum absolute atomic E-state index is 12.3. The minimum absolute atomic E-state index is 0.00865. The molecule has 0 aliphatic rings. The van der Waals surface area contributed by atoms with Crippen LogP contribution < -0.4 is 10.1 Å². The number of nitrogens with zero attached hydrogens (tertiary/aromatic N) is 1. The van der Waals surface area contributed by atoms with Gasteiger partial charge in [-0.2, -0.15) is 0 Å². The Kier molecular flexibility index (Phi) is 7.09. The predicted molar refractivity (Wildman–Crippen MR) is 116 cm³/mol. The summed E-state index contributed by atoms with van der Waals surface area (Å²) in [5.41, 5.74) is 2.00. The smallest absolute Gasteiger partial charge is 0.226 e. The number of amides is 1. The van der Waals surface area contributed by atoms with Gasteiger partial charge in [0, 0.05) is 11.4 Å². The number of benzene rings is 1. The number of hydrogen-bond acceptors (Lipinski definition) is 5. The van der Waals surface area contributed by atoms with E-state index in [2.05, 4.69) is 22.4 Å². The highest BCUT2D eigenvalue weighted by Gasteiger charge is 2.13. The Morgan fingerprint density at radius 1 is 1.17 bits per heavy atom. The third-order valence-corrected chi connectivity index (χ3v) is 5.32.